The van der Waals surface area contributed by atoms with Crippen molar-refractivity contribution >= 4 is 36.5 Å². The van der Waals surface area contributed by atoms with Crippen molar-refractivity contribution in [3.8, 4) is 5.88 Å². The molecule has 40 heavy (non-hydrogen) atoms. The van der Waals surface area contributed by atoms with Gasteiger partial charge in [-0.1, -0.05) is 0 Å². The molecule has 6 rings (SSSR count). The minimum atomic E-state index is -3.92. The molecule has 9 atom stereocenters. The minimum Gasteiger partial charge on any atom is -0.857 e. The average molecular weight is 605 g/mol. The Morgan fingerprint density at radius 3 is 2.67 bits per heavy atom. The van der Waals surface area contributed by atoms with Gasteiger partial charge in [0.1, 0.15) is 42.8 Å². The van der Waals surface area contributed by atoms with Crippen LogP contribution >= 0.6 is 7.15 Å². The minimum absolute atomic E-state index is 0.0270. The number of nitrogens with zero attached hydrogens (tertiary/aromatic N) is 4. The fourth-order valence-electron chi connectivity index (χ4n) is 5.31. The molecule has 6 heterocycles. The van der Waals surface area contributed by atoms with Crippen molar-refractivity contribution in [1.82, 2.24) is 19.5 Å². The quantitative estimate of drug-likeness (QED) is 0.276. The van der Waals surface area contributed by atoms with E-state index in [4.69, 9.17) is 55.5 Å². The third kappa shape index (κ3) is 5.50. The van der Waals surface area contributed by atoms with Crippen molar-refractivity contribution < 1.29 is 52.6 Å². The molecular formula is C22H31N5O11PS-. The Morgan fingerprint density at radius 2 is 1.95 bits per heavy atom. The molecular weight excluding hydrogens is 573 g/mol. The van der Waals surface area contributed by atoms with Gasteiger partial charge in [-0.2, -0.15) is 14.0 Å². The van der Waals surface area contributed by atoms with Gasteiger partial charge in [-0.15, -0.1) is 0 Å². The van der Waals surface area contributed by atoms with E-state index in [0.29, 0.717) is 0 Å². The van der Waals surface area contributed by atoms with E-state index in [1.165, 1.54) is 10.9 Å². The lowest BCUT2D eigenvalue weighted by molar-refractivity contribution is -0.272. The van der Waals surface area contributed by atoms with E-state index in [1.54, 1.807) is 27.7 Å². The van der Waals surface area contributed by atoms with E-state index in [2.05, 4.69) is 15.0 Å². The summed E-state index contributed by atoms with van der Waals surface area (Å²) in [6, 6.07) is 0. The highest BCUT2D eigenvalue weighted by molar-refractivity contribution is 8.35. The van der Waals surface area contributed by atoms with Gasteiger partial charge in [0.25, 0.3) is 7.15 Å². The third-order valence-corrected chi connectivity index (χ3v) is 8.56. The summed E-state index contributed by atoms with van der Waals surface area (Å²) in [6.45, 7) is 6.98. The number of fused-ring (bicyclic) bond motifs is 2. The zero-order valence-corrected chi connectivity index (χ0v) is 23.8. The number of hydrogen-bond acceptors (Lipinski definition) is 16. The first-order valence-electron chi connectivity index (χ1n) is 12.7. The van der Waals surface area contributed by atoms with Gasteiger partial charge in [0.2, 0.25) is 5.95 Å². The molecule has 0 aliphatic carbocycles. The standard InChI is InChI=1S/C22H32N5O11PS/c1-21(2)31-6-11(35-21)14-15(16-19(34-14)37-22(3,4)36-16)38-39(30,40)32-7-10-9(28)5-12(33-10)27-8-24-13-17(27)25-20(23)26-18(13)29/h8-12,14-16,19,28H,5-7H2,1-4H3,(H,30,40)(H3,23,25,26,29)/p-1/t9-,10+,11+,12+,14+,15-,16+,19+,39?/m0/s1. The van der Waals surface area contributed by atoms with Crippen molar-refractivity contribution in [2.24, 2.45) is 0 Å². The van der Waals surface area contributed by atoms with Crippen LogP contribution in [0.15, 0.2) is 6.33 Å². The summed E-state index contributed by atoms with van der Waals surface area (Å²) in [5, 5.41) is 22.7. The molecule has 4 N–H and O–H groups in total. The Kier molecular flexibility index (Phi) is 7.21. The maximum Gasteiger partial charge on any atom is 0.287 e. The highest BCUT2D eigenvalue weighted by Gasteiger charge is 2.61. The van der Waals surface area contributed by atoms with Crippen molar-refractivity contribution in [3.63, 3.8) is 0 Å². The van der Waals surface area contributed by atoms with Crippen molar-refractivity contribution in [3.05, 3.63) is 6.33 Å². The topological polar surface area (TPSA) is 207 Å². The zero-order valence-electron chi connectivity index (χ0n) is 22.1. The second-order valence-corrected chi connectivity index (χ2v) is 13.7. The van der Waals surface area contributed by atoms with Crippen molar-refractivity contribution in [1.29, 1.82) is 0 Å². The molecule has 4 aliphatic heterocycles. The van der Waals surface area contributed by atoms with E-state index in [0.717, 1.165) is 0 Å². The van der Waals surface area contributed by atoms with Crippen LogP contribution in [0.1, 0.15) is 40.3 Å². The molecule has 2 aromatic rings. The summed E-state index contributed by atoms with van der Waals surface area (Å²) < 4.78 is 48.5. The number of imidazole rings is 1. The number of hydrogen-bond donors (Lipinski definition) is 3. The van der Waals surface area contributed by atoms with Gasteiger partial charge in [0.05, 0.1) is 19.0 Å². The van der Waals surface area contributed by atoms with Crippen LogP contribution in [0, 0.1) is 0 Å². The predicted molar refractivity (Wildman–Crippen MR) is 135 cm³/mol. The summed E-state index contributed by atoms with van der Waals surface area (Å²) in [5.74, 6) is -2.59. The maximum absolute atomic E-state index is 12.0. The van der Waals surface area contributed by atoms with E-state index in [9.17, 15) is 15.1 Å². The fourth-order valence-corrected chi connectivity index (χ4v) is 6.73. The van der Waals surface area contributed by atoms with Crippen LogP contribution in [0.25, 0.3) is 11.2 Å². The summed E-state index contributed by atoms with van der Waals surface area (Å²) in [6.07, 6.45) is -4.75. The van der Waals surface area contributed by atoms with Crippen LogP contribution in [0.5, 0.6) is 5.88 Å². The molecule has 4 saturated heterocycles. The predicted octanol–water partition coefficient (Wildman–Crippen LogP) is -0.223. The molecule has 18 heteroatoms. The van der Waals surface area contributed by atoms with Crippen molar-refractivity contribution in [2.45, 2.75) is 94.8 Å². The van der Waals surface area contributed by atoms with Crippen LogP contribution in [0.4, 0.5) is 5.95 Å². The first-order valence-corrected chi connectivity index (χ1v) is 15.3. The molecule has 2 aromatic heterocycles. The molecule has 4 aliphatic rings. The smallest absolute Gasteiger partial charge is 0.287 e. The summed E-state index contributed by atoms with van der Waals surface area (Å²) >= 11 is 5.32. The molecule has 0 aromatic carbocycles. The van der Waals surface area contributed by atoms with Crippen LogP contribution in [-0.2, 0) is 49.7 Å². The molecule has 0 saturated carbocycles. The monoisotopic (exact) mass is 604 g/mol. The fraction of sp³-hybridized carbons (Fsp3) is 0.773. The van der Waals surface area contributed by atoms with Gasteiger partial charge in [-0.05, 0) is 27.7 Å². The number of aliphatic hydroxyl groups is 1. The third-order valence-electron chi connectivity index (χ3n) is 7.00. The Morgan fingerprint density at radius 1 is 1.18 bits per heavy atom. The number of anilines is 1. The lowest BCUT2D eigenvalue weighted by Crippen LogP contribution is -2.44. The van der Waals surface area contributed by atoms with Crippen LogP contribution in [0.3, 0.4) is 0 Å². The first-order chi connectivity index (χ1) is 18.7. The van der Waals surface area contributed by atoms with E-state index in [1.807, 2.05) is 0 Å². The molecule has 0 radical (unpaired) electrons. The second kappa shape index (κ2) is 10.1. The summed E-state index contributed by atoms with van der Waals surface area (Å²) in [5.41, 5.74) is 5.82. The normalized spacial score (nSPS) is 38.2. The van der Waals surface area contributed by atoms with Gasteiger partial charge < -0.3 is 56.6 Å². The zero-order chi connectivity index (χ0) is 28.6. The Bertz CT molecular complexity index is 1270. The van der Waals surface area contributed by atoms with E-state index in [-0.39, 0.29) is 36.7 Å². The van der Waals surface area contributed by atoms with Gasteiger partial charge in [0.15, 0.2) is 29.6 Å². The Labute approximate surface area is 234 Å². The van der Waals surface area contributed by atoms with Crippen LogP contribution in [-0.4, -0.2) is 97.2 Å². The van der Waals surface area contributed by atoms with E-state index >= 15 is 0 Å². The lowest BCUT2D eigenvalue weighted by atomic mass is 10.1. The number of nitrogens with two attached hydrogens (primary N) is 1. The van der Waals surface area contributed by atoms with E-state index < -0.39 is 73.7 Å². The van der Waals surface area contributed by atoms with Crippen LogP contribution < -0.4 is 10.8 Å². The first kappa shape index (κ1) is 28.6. The number of ether oxygens (including phenoxy) is 6. The molecule has 222 valence electrons. The Balaban J connectivity index is 1.12. The van der Waals surface area contributed by atoms with Gasteiger partial charge in [-0.3, -0.25) is 4.57 Å². The molecule has 4 fully saturated rings. The highest BCUT2D eigenvalue weighted by atomic mass is 32.7. The maximum atomic E-state index is 12.0. The number of nitrogen functional groups attached to an aromatic ring is 1. The number of aliphatic hydroxyl groups excluding tert-OH is 1. The Hall–Kier alpha value is -1.47. The summed E-state index contributed by atoms with van der Waals surface area (Å²) in [4.78, 5) is 22.7. The number of aromatic nitrogens is 4. The summed E-state index contributed by atoms with van der Waals surface area (Å²) in [7, 11) is -3.92. The molecule has 0 bridgehead atoms. The largest absolute Gasteiger partial charge is 0.857 e. The average Bonchev–Trinajstić information content (AvgIpc) is 3.62. The second-order valence-electron chi connectivity index (χ2n) is 10.9. The van der Waals surface area contributed by atoms with Crippen LogP contribution in [0.2, 0.25) is 0 Å². The SMILES string of the molecule is CC1(C)O[C@H]2O[C@H]([C@H]3COC(C)(C)O3)[C@H](O[P+](O)([S-])OC[C@H]3O[C@@H](n4cnc5c([O-])nc(N)nc54)C[C@@H]3O)[C@H]2O1. The van der Waals surface area contributed by atoms with Gasteiger partial charge in [0, 0.05) is 12.3 Å². The molecule has 1 unspecified atom stereocenters. The molecule has 0 amide bonds. The number of rotatable bonds is 7. The molecule has 16 nitrogen and oxygen atoms in total. The highest BCUT2D eigenvalue weighted by Crippen LogP contribution is 2.59. The lowest BCUT2D eigenvalue weighted by Gasteiger charge is -2.32. The van der Waals surface area contributed by atoms with Gasteiger partial charge in [-0.25, -0.2) is 14.9 Å². The van der Waals surface area contributed by atoms with Crippen molar-refractivity contribution in [2.75, 3.05) is 18.9 Å². The van der Waals surface area contributed by atoms with Gasteiger partial charge >= 0.3 is 0 Å². The molecule has 0 spiro atoms.